The van der Waals surface area contributed by atoms with Crippen LogP contribution in [-0.2, 0) is 0 Å². The van der Waals surface area contributed by atoms with Crippen LogP contribution in [0.2, 0.25) is 0 Å². The number of alkyl halides is 1. The molecule has 0 spiro atoms. The number of allylic oxidation sites excluding steroid dienone is 1. The molecule has 1 nitrogen and oxygen atoms in total. The fraction of sp³-hybridized carbons (Fsp3) is 0.529. The van der Waals surface area contributed by atoms with Gasteiger partial charge in [0.1, 0.15) is 5.75 Å². The minimum absolute atomic E-state index is 0.675. The summed E-state index contributed by atoms with van der Waals surface area (Å²) in [7, 11) is 0. The van der Waals surface area contributed by atoms with E-state index < -0.39 is 0 Å². The van der Waals surface area contributed by atoms with E-state index in [0.717, 1.165) is 25.6 Å². The van der Waals surface area contributed by atoms with Gasteiger partial charge in [0.15, 0.2) is 0 Å². The number of hydrogen-bond acceptors (Lipinski definition) is 1. The summed E-state index contributed by atoms with van der Waals surface area (Å²) >= 11 is 10.9. The molecule has 1 aliphatic carbocycles. The summed E-state index contributed by atoms with van der Waals surface area (Å²) in [4.78, 5) is 0. The molecule has 21 heavy (non-hydrogen) atoms. The van der Waals surface area contributed by atoms with Gasteiger partial charge in [0.2, 0.25) is 0 Å². The standard InChI is InChI=1S/C17H21Br3O/c1-2-21-17-13(9-15(19)10-16(17)20)8-14(11-18)12-6-4-3-5-7-12/h8-10,12H,2-7,11H2,1H3/b14-8-. The maximum atomic E-state index is 5.83. The topological polar surface area (TPSA) is 9.23 Å². The van der Waals surface area contributed by atoms with Crippen LogP contribution in [0.1, 0.15) is 44.6 Å². The molecule has 1 saturated carbocycles. The fourth-order valence-electron chi connectivity index (χ4n) is 2.92. The Morgan fingerprint density at radius 1 is 1.24 bits per heavy atom. The molecule has 2 rings (SSSR count). The lowest BCUT2D eigenvalue weighted by Crippen LogP contribution is -2.10. The Morgan fingerprint density at radius 2 is 1.95 bits per heavy atom. The molecule has 1 aromatic carbocycles. The summed E-state index contributed by atoms with van der Waals surface area (Å²) in [5, 5.41) is 0.938. The van der Waals surface area contributed by atoms with Gasteiger partial charge in [0.05, 0.1) is 11.1 Å². The molecule has 4 heteroatoms. The summed E-state index contributed by atoms with van der Waals surface area (Å²) < 4.78 is 7.90. The minimum Gasteiger partial charge on any atom is -0.492 e. The number of rotatable bonds is 5. The van der Waals surface area contributed by atoms with Crippen molar-refractivity contribution in [1.82, 2.24) is 0 Å². The van der Waals surface area contributed by atoms with E-state index in [9.17, 15) is 0 Å². The molecule has 0 N–H and O–H groups in total. The molecule has 0 radical (unpaired) electrons. The minimum atomic E-state index is 0.675. The summed E-state index contributed by atoms with van der Waals surface area (Å²) in [6.07, 6.45) is 9.04. The lowest BCUT2D eigenvalue weighted by Gasteiger charge is -2.24. The molecular weight excluding hydrogens is 460 g/mol. The van der Waals surface area contributed by atoms with Crippen molar-refractivity contribution in [2.75, 3.05) is 11.9 Å². The number of benzene rings is 1. The first-order valence-electron chi connectivity index (χ1n) is 7.54. The van der Waals surface area contributed by atoms with E-state index in [1.807, 2.05) is 13.0 Å². The van der Waals surface area contributed by atoms with Crippen LogP contribution < -0.4 is 4.74 Å². The Hall–Kier alpha value is 0.200. The van der Waals surface area contributed by atoms with Crippen LogP contribution in [-0.4, -0.2) is 11.9 Å². The molecule has 0 aliphatic heterocycles. The third kappa shape index (κ3) is 4.84. The second-order valence-corrected chi connectivity index (χ2v) is 7.76. The first-order chi connectivity index (χ1) is 10.2. The Morgan fingerprint density at radius 3 is 2.57 bits per heavy atom. The normalized spacial score (nSPS) is 17.0. The highest BCUT2D eigenvalue weighted by Crippen LogP contribution is 2.37. The van der Waals surface area contributed by atoms with Crippen molar-refractivity contribution < 1.29 is 4.74 Å². The monoisotopic (exact) mass is 478 g/mol. The van der Waals surface area contributed by atoms with Gasteiger partial charge in [0, 0.05) is 15.4 Å². The molecule has 0 bridgehead atoms. The van der Waals surface area contributed by atoms with Crippen LogP contribution in [0.25, 0.3) is 6.08 Å². The molecular formula is C17H21Br3O. The van der Waals surface area contributed by atoms with E-state index in [4.69, 9.17) is 4.74 Å². The van der Waals surface area contributed by atoms with E-state index in [2.05, 4.69) is 59.9 Å². The predicted octanol–water partition coefficient (Wildman–Crippen LogP) is 6.97. The van der Waals surface area contributed by atoms with Gasteiger partial charge in [-0.3, -0.25) is 0 Å². The molecule has 0 unspecified atom stereocenters. The van der Waals surface area contributed by atoms with Crippen LogP contribution in [0, 0.1) is 5.92 Å². The van der Waals surface area contributed by atoms with Crippen molar-refractivity contribution in [3.63, 3.8) is 0 Å². The zero-order valence-electron chi connectivity index (χ0n) is 12.3. The molecule has 1 aromatic rings. The van der Waals surface area contributed by atoms with Crippen molar-refractivity contribution in [1.29, 1.82) is 0 Å². The molecule has 0 atom stereocenters. The van der Waals surface area contributed by atoms with Gasteiger partial charge in [-0.25, -0.2) is 0 Å². The summed E-state index contributed by atoms with van der Waals surface area (Å²) in [5.74, 6) is 1.65. The molecule has 0 amide bonds. The SMILES string of the molecule is CCOc1c(Br)cc(Br)cc1/C=C(/CBr)C1CCCCC1. The predicted molar refractivity (Wildman–Crippen MR) is 101 cm³/mol. The highest BCUT2D eigenvalue weighted by Gasteiger charge is 2.18. The first-order valence-corrected chi connectivity index (χ1v) is 10.2. The summed E-state index contributed by atoms with van der Waals surface area (Å²) in [5.41, 5.74) is 2.64. The van der Waals surface area contributed by atoms with Gasteiger partial charge in [0.25, 0.3) is 0 Å². The van der Waals surface area contributed by atoms with Crippen LogP contribution in [0.5, 0.6) is 5.75 Å². The number of halogens is 3. The molecule has 0 aromatic heterocycles. The van der Waals surface area contributed by atoms with E-state index in [0.29, 0.717) is 12.5 Å². The van der Waals surface area contributed by atoms with Crippen molar-refractivity contribution in [2.24, 2.45) is 5.92 Å². The Labute approximate surface area is 152 Å². The van der Waals surface area contributed by atoms with Gasteiger partial charge in [-0.2, -0.15) is 0 Å². The molecule has 0 saturated heterocycles. The van der Waals surface area contributed by atoms with Gasteiger partial charge in [-0.05, 0) is 53.7 Å². The summed E-state index contributed by atoms with van der Waals surface area (Å²) in [6.45, 7) is 2.70. The smallest absolute Gasteiger partial charge is 0.140 e. The lowest BCUT2D eigenvalue weighted by atomic mass is 9.84. The van der Waals surface area contributed by atoms with Gasteiger partial charge in [-0.15, -0.1) is 0 Å². The summed E-state index contributed by atoms with van der Waals surface area (Å²) in [6, 6.07) is 4.18. The van der Waals surface area contributed by atoms with E-state index in [1.165, 1.54) is 37.7 Å². The lowest BCUT2D eigenvalue weighted by molar-refractivity contribution is 0.337. The van der Waals surface area contributed by atoms with Crippen LogP contribution >= 0.6 is 47.8 Å². The highest BCUT2D eigenvalue weighted by atomic mass is 79.9. The third-order valence-electron chi connectivity index (χ3n) is 3.95. The second-order valence-electron chi connectivity index (χ2n) is 5.43. The highest BCUT2D eigenvalue weighted by molar-refractivity contribution is 9.11. The molecule has 116 valence electrons. The zero-order chi connectivity index (χ0) is 15.2. The second kappa shape index (κ2) is 8.73. The average Bonchev–Trinajstić information content (AvgIpc) is 2.49. The van der Waals surface area contributed by atoms with Gasteiger partial charge < -0.3 is 4.74 Å². The molecule has 1 aliphatic rings. The Kier molecular flexibility index (Phi) is 7.30. The fourth-order valence-corrected chi connectivity index (χ4v) is 4.92. The van der Waals surface area contributed by atoms with Crippen LogP contribution in [0.4, 0.5) is 0 Å². The maximum Gasteiger partial charge on any atom is 0.140 e. The quantitative estimate of drug-likeness (QED) is 0.413. The number of ether oxygens (including phenoxy) is 1. The van der Waals surface area contributed by atoms with Gasteiger partial charge >= 0.3 is 0 Å². The van der Waals surface area contributed by atoms with Crippen molar-refractivity contribution in [3.05, 3.63) is 32.2 Å². The van der Waals surface area contributed by atoms with Crippen molar-refractivity contribution in [3.8, 4) is 5.75 Å². The Balaban J connectivity index is 2.35. The van der Waals surface area contributed by atoms with E-state index >= 15 is 0 Å². The molecule has 1 fully saturated rings. The first kappa shape index (κ1) is 17.6. The third-order valence-corrected chi connectivity index (χ3v) is 5.64. The maximum absolute atomic E-state index is 5.83. The molecule has 0 heterocycles. The largest absolute Gasteiger partial charge is 0.492 e. The van der Waals surface area contributed by atoms with Crippen LogP contribution in [0.3, 0.4) is 0 Å². The van der Waals surface area contributed by atoms with Gasteiger partial charge in [-0.1, -0.05) is 62.8 Å². The van der Waals surface area contributed by atoms with Crippen LogP contribution in [0.15, 0.2) is 26.7 Å². The Bertz CT molecular complexity index is 505. The van der Waals surface area contributed by atoms with E-state index in [1.54, 1.807) is 0 Å². The van der Waals surface area contributed by atoms with Crippen molar-refractivity contribution in [2.45, 2.75) is 39.0 Å². The average molecular weight is 481 g/mol. The van der Waals surface area contributed by atoms with Crippen molar-refractivity contribution >= 4 is 53.9 Å². The zero-order valence-corrected chi connectivity index (χ0v) is 17.1. The number of hydrogen-bond donors (Lipinski definition) is 0. The van der Waals surface area contributed by atoms with E-state index in [-0.39, 0.29) is 0 Å².